The Hall–Kier alpha value is -0.550. The van der Waals surface area contributed by atoms with Crippen LogP contribution in [0.5, 0.6) is 0 Å². The molecule has 78 valence electrons. The van der Waals surface area contributed by atoms with Crippen molar-refractivity contribution in [2.45, 2.75) is 19.1 Å². The van der Waals surface area contributed by atoms with Gasteiger partial charge < -0.3 is 5.73 Å². The summed E-state index contributed by atoms with van der Waals surface area (Å²) in [5.74, 6) is 0. The number of aryl methyl sites for hydroxylation is 1. The zero-order valence-corrected chi connectivity index (χ0v) is 8.98. The van der Waals surface area contributed by atoms with Crippen molar-refractivity contribution in [1.82, 2.24) is 0 Å². The molecule has 1 nitrogen and oxygen atoms in total. The quantitative estimate of drug-likeness (QED) is 0.830. The van der Waals surface area contributed by atoms with E-state index in [0.717, 1.165) is 5.56 Å². The van der Waals surface area contributed by atoms with Gasteiger partial charge in [-0.25, -0.2) is 0 Å². The summed E-state index contributed by atoms with van der Waals surface area (Å²) in [4.78, 5) is 0. The fourth-order valence-electron chi connectivity index (χ4n) is 0.992. The van der Waals surface area contributed by atoms with Gasteiger partial charge in [-0.2, -0.15) is 13.2 Å². The maximum absolute atomic E-state index is 12.2. The van der Waals surface area contributed by atoms with Crippen LogP contribution in [0.3, 0.4) is 0 Å². The van der Waals surface area contributed by atoms with Crippen molar-refractivity contribution in [3.8, 4) is 0 Å². The fourth-order valence-corrected chi connectivity index (χ4v) is 1.39. The molecule has 0 saturated carbocycles. The van der Waals surface area contributed by atoms with Crippen LogP contribution in [-0.2, 0) is 0 Å². The smallest absolute Gasteiger partial charge is 0.316 e. The van der Waals surface area contributed by atoms with E-state index in [0.29, 0.717) is 4.47 Å². The Labute approximate surface area is 88.2 Å². The van der Waals surface area contributed by atoms with E-state index >= 15 is 0 Å². The highest BCUT2D eigenvalue weighted by Crippen LogP contribution is 2.32. The minimum absolute atomic E-state index is 0.0648. The number of rotatable bonds is 1. The van der Waals surface area contributed by atoms with Crippen LogP contribution in [0.15, 0.2) is 22.7 Å². The topological polar surface area (TPSA) is 26.0 Å². The second-order valence-electron chi connectivity index (χ2n) is 3.03. The van der Waals surface area contributed by atoms with Crippen molar-refractivity contribution in [3.63, 3.8) is 0 Å². The lowest BCUT2D eigenvalue weighted by molar-refractivity contribution is -0.149. The minimum Gasteiger partial charge on any atom is -0.316 e. The summed E-state index contributed by atoms with van der Waals surface area (Å²) in [5.41, 5.74) is 5.99. The molecule has 0 spiro atoms. The first kappa shape index (κ1) is 11.5. The monoisotopic (exact) mass is 267 g/mol. The summed E-state index contributed by atoms with van der Waals surface area (Å²) >= 11 is 3.16. The van der Waals surface area contributed by atoms with Crippen LogP contribution in [0.4, 0.5) is 13.2 Å². The van der Waals surface area contributed by atoms with Crippen LogP contribution >= 0.6 is 15.9 Å². The fraction of sp³-hybridized carbons (Fsp3) is 0.333. The van der Waals surface area contributed by atoms with Gasteiger partial charge in [0.25, 0.3) is 0 Å². The summed E-state index contributed by atoms with van der Waals surface area (Å²) in [6, 6.07) is 2.47. The largest absolute Gasteiger partial charge is 0.407 e. The molecular weight excluding hydrogens is 259 g/mol. The van der Waals surface area contributed by atoms with Crippen LogP contribution in [0.1, 0.15) is 17.2 Å². The van der Waals surface area contributed by atoms with Crippen LogP contribution < -0.4 is 5.73 Å². The van der Waals surface area contributed by atoms with E-state index in [1.807, 2.05) is 0 Å². The van der Waals surface area contributed by atoms with E-state index in [1.54, 1.807) is 13.0 Å². The van der Waals surface area contributed by atoms with Crippen LogP contribution in [0.2, 0.25) is 0 Å². The van der Waals surface area contributed by atoms with E-state index < -0.39 is 12.2 Å². The Morgan fingerprint density at radius 3 is 2.36 bits per heavy atom. The van der Waals surface area contributed by atoms with E-state index in [2.05, 4.69) is 15.9 Å². The average molecular weight is 268 g/mol. The molecule has 14 heavy (non-hydrogen) atoms. The first-order valence-electron chi connectivity index (χ1n) is 3.90. The molecule has 0 unspecified atom stereocenters. The van der Waals surface area contributed by atoms with Crippen molar-refractivity contribution in [3.05, 3.63) is 33.8 Å². The van der Waals surface area contributed by atoms with Gasteiger partial charge in [0.15, 0.2) is 0 Å². The Kier molecular flexibility index (Phi) is 3.21. The molecule has 1 aromatic rings. The standard InChI is InChI=1S/C9H9BrF3N/c1-5-2-3-6(4-7(5)10)8(14)9(11,12)13/h2-4,8H,14H2,1H3/t8-/m1/s1. The summed E-state index contributed by atoms with van der Waals surface area (Å²) in [6.45, 7) is 1.80. The second-order valence-corrected chi connectivity index (χ2v) is 3.88. The number of hydrogen-bond donors (Lipinski definition) is 1. The first-order chi connectivity index (χ1) is 6.32. The number of nitrogens with two attached hydrogens (primary N) is 1. The Bertz CT molecular complexity index is 335. The Balaban J connectivity index is 3.03. The molecule has 1 rings (SSSR count). The van der Waals surface area contributed by atoms with Gasteiger partial charge in [-0.15, -0.1) is 0 Å². The van der Waals surface area contributed by atoms with Crippen molar-refractivity contribution in [2.75, 3.05) is 0 Å². The molecule has 0 saturated heterocycles. The minimum atomic E-state index is -4.39. The molecule has 0 heterocycles. The molecule has 0 aliphatic carbocycles. The summed E-state index contributed by atoms with van der Waals surface area (Å²) in [5, 5.41) is 0. The van der Waals surface area contributed by atoms with Gasteiger partial charge >= 0.3 is 6.18 Å². The van der Waals surface area contributed by atoms with Crippen molar-refractivity contribution in [2.24, 2.45) is 5.73 Å². The maximum atomic E-state index is 12.2. The van der Waals surface area contributed by atoms with E-state index in [-0.39, 0.29) is 5.56 Å². The van der Waals surface area contributed by atoms with Crippen LogP contribution in [0.25, 0.3) is 0 Å². The van der Waals surface area contributed by atoms with E-state index in [1.165, 1.54) is 12.1 Å². The lowest BCUT2D eigenvalue weighted by Crippen LogP contribution is -2.28. The summed E-state index contributed by atoms with van der Waals surface area (Å²) in [7, 11) is 0. The predicted molar refractivity (Wildman–Crippen MR) is 51.9 cm³/mol. The van der Waals surface area contributed by atoms with Crippen molar-refractivity contribution < 1.29 is 13.2 Å². The lowest BCUT2D eigenvalue weighted by atomic mass is 10.1. The number of alkyl halides is 3. The van der Waals surface area contributed by atoms with Crippen molar-refractivity contribution >= 4 is 15.9 Å². The summed E-state index contributed by atoms with van der Waals surface area (Å²) < 4.78 is 37.3. The van der Waals surface area contributed by atoms with Gasteiger partial charge in [0.1, 0.15) is 6.04 Å². The molecule has 0 aliphatic rings. The number of halogens is 4. The average Bonchev–Trinajstić information content (AvgIpc) is 2.07. The zero-order valence-electron chi connectivity index (χ0n) is 7.40. The first-order valence-corrected chi connectivity index (χ1v) is 4.70. The summed E-state index contributed by atoms with van der Waals surface area (Å²) in [6.07, 6.45) is -4.39. The molecule has 5 heteroatoms. The van der Waals surface area contributed by atoms with Crippen molar-refractivity contribution in [1.29, 1.82) is 0 Å². The zero-order chi connectivity index (χ0) is 10.9. The normalized spacial score (nSPS) is 14.1. The SMILES string of the molecule is Cc1ccc([C@@H](N)C(F)(F)F)cc1Br. The molecule has 1 aromatic carbocycles. The third-order valence-electron chi connectivity index (χ3n) is 1.91. The van der Waals surface area contributed by atoms with Gasteiger partial charge in [0, 0.05) is 4.47 Å². The molecule has 0 bridgehead atoms. The third-order valence-corrected chi connectivity index (χ3v) is 2.76. The molecular formula is C9H9BrF3N. The van der Waals surface area contributed by atoms with Gasteiger partial charge in [0.05, 0.1) is 0 Å². The highest BCUT2D eigenvalue weighted by atomic mass is 79.9. The van der Waals surface area contributed by atoms with Gasteiger partial charge in [-0.1, -0.05) is 28.1 Å². The molecule has 0 radical (unpaired) electrons. The molecule has 0 fully saturated rings. The number of benzene rings is 1. The van der Waals surface area contributed by atoms with Gasteiger partial charge in [-0.3, -0.25) is 0 Å². The van der Waals surface area contributed by atoms with Gasteiger partial charge in [-0.05, 0) is 24.1 Å². The number of hydrogen-bond acceptors (Lipinski definition) is 1. The Morgan fingerprint density at radius 2 is 1.93 bits per heavy atom. The molecule has 0 aliphatic heterocycles. The van der Waals surface area contributed by atoms with E-state index in [9.17, 15) is 13.2 Å². The molecule has 1 atom stereocenters. The van der Waals surface area contributed by atoms with Crippen LogP contribution in [0, 0.1) is 6.92 Å². The highest BCUT2D eigenvalue weighted by molar-refractivity contribution is 9.10. The van der Waals surface area contributed by atoms with E-state index in [4.69, 9.17) is 5.73 Å². The highest BCUT2D eigenvalue weighted by Gasteiger charge is 2.37. The molecule has 0 aromatic heterocycles. The lowest BCUT2D eigenvalue weighted by Gasteiger charge is -2.16. The molecule has 2 N–H and O–H groups in total. The predicted octanol–water partition coefficient (Wildman–Crippen LogP) is 3.32. The second kappa shape index (κ2) is 3.90. The maximum Gasteiger partial charge on any atom is 0.407 e. The Morgan fingerprint density at radius 1 is 1.36 bits per heavy atom. The molecule has 0 amide bonds. The van der Waals surface area contributed by atoms with Crippen LogP contribution in [-0.4, -0.2) is 6.18 Å². The van der Waals surface area contributed by atoms with Gasteiger partial charge in [0.2, 0.25) is 0 Å². The third kappa shape index (κ3) is 2.48.